The molecule has 0 fully saturated rings. The minimum Gasteiger partial charge on any atom is -0.126 e. The van der Waals surface area contributed by atoms with Gasteiger partial charge in [-0.1, -0.05) is 52.3 Å². The number of thioether (sulfide) groups is 1. The van der Waals surface area contributed by atoms with Crippen LogP contribution in [0.25, 0.3) is 0 Å². The van der Waals surface area contributed by atoms with Gasteiger partial charge in [-0.3, -0.25) is 0 Å². The Morgan fingerprint density at radius 2 is 1.68 bits per heavy atom. The maximum absolute atomic E-state index is 6.13. The summed E-state index contributed by atoms with van der Waals surface area (Å²) in [6.45, 7) is 0. The maximum Gasteiger partial charge on any atom is 0.0292 e. The molecular formula is C16H16BrClS. The molecule has 0 aromatic heterocycles. The van der Waals surface area contributed by atoms with Gasteiger partial charge in [-0.2, -0.15) is 0 Å². The van der Waals surface area contributed by atoms with E-state index in [0.717, 1.165) is 16.6 Å². The van der Waals surface area contributed by atoms with Gasteiger partial charge in [-0.05, 0) is 41.9 Å². The van der Waals surface area contributed by atoms with E-state index in [-0.39, 0.29) is 0 Å². The first-order chi connectivity index (χ1) is 9.31. The minimum atomic E-state index is 0.411. The van der Waals surface area contributed by atoms with Crippen LogP contribution in [0.4, 0.5) is 0 Å². The number of halogens is 2. The third kappa shape index (κ3) is 4.55. The third-order valence-electron chi connectivity index (χ3n) is 3.01. The van der Waals surface area contributed by atoms with E-state index in [1.54, 1.807) is 0 Å². The lowest BCUT2D eigenvalue weighted by Crippen LogP contribution is -2.03. The molecule has 0 saturated heterocycles. The van der Waals surface area contributed by atoms with Crippen LogP contribution >= 0.6 is 39.3 Å². The molecule has 100 valence electrons. The van der Waals surface area contributed by atoms with Gasteiger partial charge in [0.2, 0.25) is 0 Å². The molecule has 0 aliphatic rings. The summed E-state index contributed by atoms with van der Waals surface area (Å²) in [5.41, 5.74) is 1.31. The van der Waals surface area contributed by atoms with Crippen LogP contribution in [0.2, 0.25) is 0 Å². The van der Waals surface area contributed by atoms with Crippen molar-refractivity contribution in [2.24, 2.45) is 0 Å². The summed E-state index contributed by atoms with van der Waals surface area (Å²) in [7, 11) is 0. The molecule has 1 atom stereocenters. The summed E-state index contributed by atoms with van der Waals surface area (Å²) < 4.78 is 1.16. The fourth-order valence-corrected chi connectivity index (χ4v) is 3.87. The molecular weight excluding hydrogens is 340 g/mol. The summed E-state index contributed by atoms with van der Waals surface area (Å²) in [5.74, 6) is 2.16. The van der Waals surface area contributed by atoms with Crippen molar-refractivity contribution in [1.82, 2.24) is 0 Å². The summed E-state index contributed by atoms with van der Waals surface area (Å²) in [5, 5.41) is 0. The van der Waals surface area contributed by atoms with E-state index >= 15 is 0 Å². The number of hydrogen-bond donors (Lipinski definition) is 0. The normalized spacial score (nSPS) is 12.3. The van der Waals surface area contributed by atoms with E-state index in [0.29, 0.717) is 11.8 Å². The monoisotopic (exact) mass is 354 g/mol. The first-order valence-corrected chi connectivity index (χ1v) is 8.61. The van der Waals surface area contributed by atoms with E-state index in [4.69, 9.17) is 11.6 Å². The highest BCUT2D eigenvalue weighted by atomic mass is 79.9. The predicted octanol–water partition coefficient (Wildman–Crippen LogP) is 5.95. The molecule has 0 saturated carbocycles. The van der Waals surface area contributed by atoms with E-state index in [9.17, 15) is 0 Å². The second-order valence-corrected chi connectivity index (χ2v) is 6.65. The van der Waals surface area contributed by atoms with E-state index in [1.165, 1.54) is 10.5 Å². The van der Waals surface area contributed by atoms with Gasteiger partial charge >= 0.3 is 0 Å². The van der Waals surface area contributed by atoms with Gasteiger partial charge in [0, 0.05) is 15.2 Å². The Bertz CT molecular complexity index is 501. The topological polar surface area (TPSA) is 0 Å². The molecule has 0 bridgehead atoms. The van der Waals surface area contributed by atoms with Crippen LogP contribution in [-0.2, 0) is 0 Å². The molecule has 1 unspecified atom stereocenters. The zero-order valence-electron chi connectivity index (χ0n) is 10.6. The number of alkyl halides is 1. The number of benzene rings is 2. The van der Waals surface area contributed by atoms with Gasteiger partial charge in [0.05, 0.1) is 0 Å². The molecule has 0 spiro atoms. The summed E-state index contributed by atoms with van der Waals surface area (Å²) >= 11 is 11.6. The van der Waals surface area contributed by atoms with Gasteiger partial charge in [0.25, 0.3) is 0 Å². The Kier molecular flexibility index (Phi) is 6.29. The highest BCUT2D eigenvalue weighted by Gasteiger charge is 2.13. The second-order valence-electron chi connectivity index (χ2n) is 4.32. The second kappa shape index (κ2) is 7.98. The van der Waals surface area contributed by atoms with Crippen molar-refractivity contribution in [3.8, 4) is 0 Å². The largest absolute Gasteiger partial charge is 0.126 e. The number of rotatable bonds is 6. The fraction of sp³-hybridized carbons (Fsp3) is 0.250. The van der Waals surface area contributed by atoms with Crippen molar-refractivity contribution in [2.45, 2.75) is 17.2 Å². The van der Waals surface area contributed by atoms with Crippen molar-refractivity contribution in [1.29, 1.82) is 0 Å². The molecule has 0 radical (unpaired) electrons. The Morgan fingerprint density at radius 3 is 2.37 bits per heavy atom. The van der Waals surface area contributed by atoms with Gasteiger partial charge in [0.15, 0.2) is 0 Å². The molecule has 0 nitrogen and oxygen atoms in total. The van der Waals surface area contributed by atoms with Crippen LogP contribution in [-0.4, -0.2) is 11.6 Å². The van der Waals surface area contributed by atoms with Gasteiger partial charge in [-0.15, -0.1) is 23.4 Å². The van der Waals surface area contributed by atoms with Crippen LogP contribution < -0.4 is 0 Å². The molecule has 0 N–H and O–H groups in total. The standard InChI is InChI=1S/C16H16BrClS/c17-16-9-5-4-8-15(16)13(12-18)10-11-19-14-6-2-1-3-7-14/h1-9,13H,10-12H2. The molecule has 3 heteroatoms. The van der Waals surface area contributed by atoms with E-state index in [1.807, 2.05) is 23.9 Å². The maximum atomic E-state index is 6.13. The summed E-state index contributed by atoms with van der Waals surface area (Å²) in [6.07, 6.45) is 1.09. The van der Waals surface area contributed by atoms with Crippen LogP contribution in [0.5, 0.6) is 0 Å². The van der Waals surface area contributed by atoms with Crippen LogP contribution in [0, 0.1) is 0 Å². The predicted molar refractivity (Wildman–Crippen MR) is 89.4 cm³/mol. The first-order valence-electron chi connectivity index (χ1n) is 6.29. The van der Waals surface area contributed by atoms with Crippen molar-refractivity contribution in [3.63, 3.8) is 0 Å². The lowest BCUT2D eigenvalue weighted by molar-refractivity contribution is 0.744. The lowest BCUT2D eigenvalue weighted by Gasteiger charge is -2.15. The average molecular weight is 356 g/mol. The van der Waals surface area contributed by atoms with Gasteiger partial charge < -0.3 is 0 Å². The van der Waals surface area contributed by atoms with Crippen molar-refractivity contribution >= 4 is 39.3 Å². The molecule has 0 heterocycles. The van der Waals surface area contributed by atoms with Crippen LogP contribution in [0.3, 0.4) is 0 Å². The summed E-state index contributed by atoms with van der Waals surface area (Å²) in [6, 6.07) is 18.9. The van der Waals surface area contributed by atoms with Crippen molar-refractivity contribution in [2.75, 3.05) is 11.6 Å². The quantitative estimate of drug-likeness (QED) is 0.455. The molecule has 0 amide bonds. The van der Waals surface area contributed by atoms with Gasteiger partial charge in [0.1, 0.15) is 0 Å². The highest BCUT2D eigenvalue weighted by Crippen LogP contribution is 2.30. The lowest BCUT2D eigenvalue weighted by atomic mass is 9.99. The highest BCUT2D eigenvalue weighted by molar-refractivity contribution is 9.10. The van der Waals surface area contributed by atoms with Crippen molar-refractivity contribution < 1.29 is 0 Å². The van der Waals surface area contributed by atoms with Crippen LogP contribution in [0.1, 0.15) is 17.9 Å². The van der Waals surface area contributed by atoms with Crippen LogP contribution in [0.15, 0.2) is 64.0 Å². The van der Waals surface area contributed by atoms with E-state index < -0.39 is 0 Å². The van der Waals surface area contributed by atoms with Gasteiger partial charge in [-0.25, -0.2) is 0 Å². The Morgan fingerprint density at radius 1 is 1.00 bits per heavy atom. The third-order valence-corrected chi connectivity index (χ3v) is 5.15. The summed E-state index contributed by atoms with van der Waals surface area (Å²) in [4.78, 5) is 1.32. The molecule has 19 heavy (non-hydrogen) atoms. The zero-order chi connectivity index (χ0) is 13.5. The Labute approximate surface area is 132 Å². The Balaban J connectivity index is 1.92. The molecule has 0 aliphatic carbocycles. The number of hydrogen-bond acceptors (Lipinski definition) is 1. The zero-order valence-corrected chi connectivity index (χ0v) is 13.7. The van der Waals surface area contributed by atoms with Crippen molar-refractivity contribution in [3.05, 3.63) is 64.6 Å². The van der Waals surface area contributed by atoms with E-state index in [2.05, 4.69) is 58.4 Å². The Hall–Kier alpha value is -0.440. The molecule has 2 aromatic rings. The first kappa shape index (κ1) is 15.0. The molecule has 0 aliphatic heterocycles. The molecule has 2 aromatic carbocycles. The average Bonchev–Trinajstić information content (AvgIpc) is 2.46. The molecule has 2 rings (SSSR count). The fourth-order valence-electron chi connectivity index (χ4n) is 1.96. The minimum absolute atomic E-state index is 0.411. The smallest absolute Gasteiger partial charge is 0.0292 e. The SMILES string of the molecule is ClCC(CCSc1ccccc1)c1ccccc1Br.